The molecule has 0 bridgehead atoms. The number of hydrogen-bond acceptors (Lipinski definition) is 3. The Balaban J connectivity index is 1.39. The van der Waals surface area contributed by atoms with Crippen LogP contribution in [0.1, 0.15) is 75.7 Å². The lowest BCUT2D eigenvalue weighted by Gasteiger charge is -2.32. The van der Waals surface area contributed by atoms with Gasteiger partial charge in [-0.1, -0.05) is 57.9 Å². The number of ether oxygens (including phenoxy) is 2. The van der Waals surface area contributed by atoms with Crippen molar-refractivity contribution in [1.29, 1.82) is 5.26 Å². The maximum absolute atomic E-state index is 13.8. The summed E-state index contributed by atoms with van der Waals surface area (Å²) in [5.41, 5.74) is 0.699. The second-order valence-corrected chi connectivity index (χ2v) is 7.97. The van der Waals surface area contributed by atoms with Crippen molar-refractivity contribution < 1.29 is 13.9 Å². The van der Waals surface area contributed by atoms with Crippen LogP contribution in [0.3, 0.4) is 0 Å². The highest BCUT2D eigenvalue weighted by Gasteiger charge is 2.26. The number of benzene rings is 1. The Labute approximate surface area is 156 Å². The maximum Gasteiger partial charge on any atom is 0.183 e. The van der Waals surface area contributed by atoms with Gasteiger partial charge in [0.1, 0.15) is 11.9 Å². The van der Waals surface area contributed by atoms with Gasteiger partial charge in [0.2, 0.25) is 0 Å². The average Bonchev–Trinajstić information content (AvgIpc) is 2.68. The first-order chi connectivity index (χ1) is 12.7. The largest absolute Gasteiger partial charge is 0.348 e. The van der Waals surface area contributed by atoms with Gasteiger partial charge in [-0.15, -0.1) is 0 Å². The minimum atomic E-state index is -0.516. The molecule has 3 rings (SSSR count). The molecule has 0 spiro atoms. The Morgan fingerprint density at radius 2 is 1.62 bits per heavy atom. The highest BCUT2D eigenvalue weighted by molar-refractivity contribution is 5.33. The van der Waals surface area contributed by atoms with E-state index in [0.29, 0.717) is 24.7 Å². The van der Waals surface area contributed by atoms with Crippen molar-refractivity contribution in [2.45, 2.75) is 64.6 Å². The van der Waals surface area contributed by atoms with Crippen LogP contribution in [0.25, 0.3) is 0 Å². The molecular weight excluding hydrogens is 329 g/mol. The fraction of sp³-hybridized carbons (Fsp3) is 0.682. The third-order valence-electron chi connectivity index (χ3n) is 6.00. The fourth-order valence-corrected chi connectivity index (χ4v) is 4.36. The molecule has 0 aromatic heterocycles. The predicted octanol–water partition coefficient (Wildman–Crippen LogP) is 5.75. The Kier molecular flexibility index (Phi) is 7.05. The monoisotopic (exact) mass is 359 g/mol. The molecule has 1 aromatic carbocycles. The van der Waals surface area contributed by atoms with Crippen molar-refractivity contribution in [2.24, 2.45) is 17.8 Å². The first-order valence-electron chi connectivity index (χ1n) is 10.1. The molecule has 26 heavy (non-hydrogen) atoms. The van der Waals surface area contributed by atoms with E-state index in [1.807, 2.05) is 6.07 Å². The second kappa shape index (κ2) is 9.48. The summed E-state index contributed by atoms with van der Waals surface area (Å²) in [7, 11) is 0. The standard InChI is InChI=1S/C22H30FNO2/c1-2-3-16-4-6-17(7-5-16)8-9-18-14-25-22(26-15-18)19-10-11-20(13-24)21(23)12-19/h10-12,16-18,22H,2-9,14-15H2,1H3. The molecule has 0 atom stereocenters. The molecule has 1 heterocycles. The topological polar surface area (TPSA) is 42.2 Å². The van der Waals surface area contributed by atoms with Crippen LogP contribution in [0.5, 0.6) is 0 Å². The smallest absolute Gasteiger partial charge is 0.183 e. The van der Waals surface area contributed by atoms with Crippen molar-refractivity contribution in [2.75, 3.05) is 13.2 Å². The molecule has 1 aliphatic heterocycles. The van der Waals surface area contributed by atoms with Crippen molar-refractivity contribution in [3.8, 4) is 6.07 Å². The van der Waals surface area contributed by atoms with Crippen LogP contribution >= 0.6 is 0 Å². The van der Waals surface area contributed by atoms with Crippen molar-refractivity contribution in [1.82, 2.24) is 0 Å². The second-order valence-electron chi connectivity index (χ2n) is 7.97. The van der Waals surface area contributed by atoms with Gasteiger partial charge >= 0.3 is 0 Å². The van der Waals surface area contributed by atoms with Crippen LogP contribution in [0.4, 0.5) is 4.39 Å². The Bertz CT molecular complexity index is 611. The minimum absolute atomic E-state index is 0.0519. The normalized spacial score (nSPS) is 29.3. The van der Waals surface area contributed by atoms with Crippen LogP contribution in [0.15, 0.2) is 18.2 Å². The van der Waals surface area contributed by atoms with Crippen LogP contribution in [0.2, 0.25) is 0 Å². The van der Waals surface area contributed by atoms with E-state index in [0.717, 1.165) is 18.3 Å². The van der Waals surface area contributed by atoms with E-state index in [2.05, 4.69) is 6.92 Å². The molecule has 1 saturated carbocycles. The molecule has 3 nitrogen and oxygen atoms in total. The third-order valence-corrected chi connectivity index (χ3v) is 6.00. The fourth-order valence-electron chi connectivity index (χ4n) is 4.36. The van der Waals surface area contributed by atoms with Gasteiger partial charge in [-0.25, -0.2) is 4.39 Å². The first-order valence-corrected chi connectivity index (χ1v) is 10.1. The minimum Gasteiger partial charge on any atom is -0.348 e. The molecule has 0 unspecified atom stereocenters. The van der Waals surface area contributed by atoms with Crippen LogP contribution in [-0.2, 0) is 9.47 Å². The van der Waals surface area contributed by atoms with Crippen molar-refractivity contribution in [3.63, 3.8) is 0 Å². The van der Waals surface area contributed by atoms with E-state index < -0.39 is 12.1 Å². The number of halogens is 1. The zero-order chi connectivity index (χ0) is 18.4. The van der Waals surface area contributed by atoms with E-state index in [1.54, 1.807) is 6.07 Å². The summed E-state index contributed by atoms with van der Waals surface area (Å²) in [6.07, 6.45) is 10.2. The van der Waals surface area contributed by atoms with Gasteiger partial charge in [-0.2, -0.15) is 5.26 Å². The Hall–Kier alpha value is -1.44. The summed E-state index contributed by atoms with van der Waals surface area (Å²) in [5, 5.41) is 8.81. The molecule has 1 aromatic rings. The average molecular weight is 359 g/mol. The quantitative estimate of drug-likeness (QED) is 0.650. The van der Waals surface area contributed by atoms with E-state index in [4.69, 9.17) is 14.7 Å². The summed E-state index contributed by atoms with van der Waals surface area (Å²) in [6.45, 7) is 3.61. The Morgan fingerprint density at radius 1 is 1.00 bits per heavy atom. The van der Waals surface area contributed by atoms with E-state index in [9.17, 15) is 4.39 Å². The lowest BCUT2D eigenvalue weighted by Crippen LogP contribution is -2.28. The third kappa shape index (κ3) is 5.05. The highest BCUT2D eigenvalue weighted by Crippen LogP contribution is 2.35. The summed E-state index contributed by atoms with van der Waals surface area (Å²) >= 11 is 0. The lowest BCUT2D eigenvalue weighted by molar-refractivity contribution is -0.206. The predicted molar refractivity (Wildman–Crippen MR) is 98.8 cm³/mol. The van der Waals surface area contributed by atoms with Crippen LogP contribution in [0, 0.1) is 34.9 Å². The molecular formula is C22H30FNO2. The number of nitriles is 1. The van der Waals surface area contributed by atoms with Gasteiger partial charge in [0.25, 0.3) is 0 Å². The zero-order valence-electron chi connectivity index (χ0n) is 15.8. The first kappa shape index (κ1) is 19.3. The molecule has 4 heteroatoms. The number of nitrogens with zero attached hydrogens (tertiary/aromatic N) is 1. The van der Waals surface area contributed by atoms with Gasteiger partial charge < -0.3 is 9.47 Å². The summed E-state index contributed by atoms with van der Waals surface area (Å²) in [4.78, 5) is 0. The molecule has 0 radical (unpaired) electrons. The van der Waals surface area contributed by atoms with Crippen molar-refractivity contribution in [3.05, 3.63) is 35.1 Å². The van der Waals surface area contributed by atoms with Crippen LogP contribution < -0.4 is 0 Å². The molecule has 1 aliphatic carbocycles. The highest BCUT2D eigenvalue weighted by atomic mass is 19.1. The molecule has 2 aliphatic rings. The van der Waals surface area contributed by atoms with E-state index in [-0.39, 0.29) is 5.56 Å². The Morgan fingerprint density at radius 3 is 2.19 bits per heavy atom. The van der Waals surface area contributed by atoms with Gasteiger partial charge in [-0.3, -0.25) is 0 Å². The molecule has 2 fully saturated rings. The van der Waals surface area contributed by atoms with E-state index >= 15 is 0 Å². The molecule has 0 amide bonds. The molecule has 1 saturated heterocycles. The molecule has 0 N–H and O–H groups in total. The van der Waals surface area contributed by atoms with Crippen molar-refractivity contribution >= 4 is 0 Å². The van der Waals surface area contributed by atoms with E-state index in [1.165, 1.54) is 57.1 Å². The summed E-state index contributed by atoms with van der Waals surface area (Å²) < 4.78 is 25.4. The summed E-state index contributed by atoms with van der Waals surface area (Å²) in [6, 6.07) is 6.37. The van der Waals surface area contributed by atoms with Gasteiger partial charge in [0.05, 0.1) is 18.8 Å². The summed E-state index contributed by atoms with van der Waals surface area (Å²) in [5.74, 6) is 1.75. The van der Waals surface area contributed by atoms with Gasteiger partial charge in [-0.05, 0) is 30.4 Å². The maximum atomic E-state index is 13.8. The SMILES string of the molecule is CCCC1CCC(CCC2COC(c3ccc(C#N)c(F)c3)OC2)CC1. The van der Waals surface area contributed by atoms with Crippen LogP contribution in [-0.4, -0.2) is 13.2 Å². The number of rotatable bonds is 6. The van der Waals surface area contributed by atoms with Gasteiger partial charge in [0, 0.05) is 11.5 Å². The lowest BCUT2D eigenvalue weighted by atomic mass is 9.77. The van der Waals surface area contributed by atoms with Gasteiger partial charge in [0.15, 0.2) is 6.29 Å². The molecule has 142 valence electrons. The zero-order valence-corrected chi connectivity index (χ0v) is 15.8. The number of hydrogen-bond donors (Lipinski definition) is 0.